The van der Waals surface area contributed by atoms with Gasteiger partial charge in [-0.25, -0.2) is 14.4 Å². The fourth-order valence-electron chi connectivity index (χ4n) is 2.92. The molecule has 24 heavy (non-hydrogen) atoms. The summed E-state index contributed by atoms with van der Waals surface area (Å²) in [7, 11) is -2.05. The van der Waals surface area contributed by atoms with Gasteiger partial charge in [0.2, 0.25) is 0 Å². The van der Waals surface area contributed by atoms with Gasteiger partial charge in [-0.1, -0.05) is 34.1 Å². The number of rotatable bonds is 5. The minimum atomic E-state index is -2.05. The summed E-state index contributed by atoms with van der Waals surface area (Å²) in [6.07, 6.45) is 3.15. The van der Waals surface area contributed by atoms with Crippen LogP contribution in [0.15, 0.2) is 12.5 Å². The maximum Gasteiger partial charge on any atom is 0.192 e. The molecule has 7 heteroatoms. The molecule has 4 atom stereocenters. The van der Waals surface area contributed by atoms with Crippen molar-refractivity contribution in [3.63, 3.8) is 0 Å². The Morgan fingerprint density at radius 1 is 1.42 bits per heavy atom. The van der Waals surface area contributed by atoms with Crippen molar-refractivity contribution in [2.45, 2.75) is 76.9 Å². The summed E-state index contributed by atoms with van der Waals surface area (Å²) in [6, 6.07) is -0.163. The molecule has 0 bridgehead atoms. The number of hydrogen-bond donors (Lipinski definition) is 2. The second kappa shape index (κ2) is 7.05. The SMILES string of the molecule is CC[C@H]1C[C@@H](Nc2ncncc2F)[C@H](O[Si](C)(C)C(C)(C)C)[C@@H]1O. The van der Waals surface area contributed by atoms with Crippen LogP contribution in [0, 0.1) is 11.7 Å². The van der Waals surface area contributed by atoms with Gasteiger partial charge < -0.3 is 14.8 Å². The van der Waals surface area contributed by atoms with Gasteiger partial charge in [-0.3, -0.25) is 0 Å². The normalized spacial score (nSPS) is 28.2. The van der Waals surface area contributed by atoms with Crippen LogP contribution in [0.5, 0.6) is 0 Å². The summed E-state index contributed by atoms with van der Waals surface area (Å²) in [5, 5.41) is 13.9. The molecule has 1 heterocycles. The van der Waals surface area contributed by atoms with Gasteiger partial charge in [0.05, 0.1) is 24.4 Å². The molecule has 2 rings (SSSR count). The van der Waals surface area contributed by atoms with E-state index in [4.69, 9.17) is 4.43 Å². The topological polar surface area (TPSA) is 67.3 Å². The molecular weight excluding hydrogens is 325 g/mol. The van der Waals surface area contributed by atoms with Gasteiger partial charge in [-0.15, -0.1) is 0 Å². The third-order valence-corrected chi connectivity index (χ3v) is 10.00. The molecule has 1 aliphatic carbocycles. The lowest BCUT2D eigenvalue weighted by molar-refractivity contribution is 0.0236. The fraction of sp³-hybridized carbons (Fsp3) is 0.765. The Hall–Kier alpha value is -1.05. The number of aliphatic hydroxyl groups is 1. The minimum absolute atomic E-state index is 0.0434. The van der Waals surface area contributed by atoms with E-state index in [1.54, 1.807) is 0 Å². The summed E-state index contributed by atoms with van der Waals surface area (Å²) in [4.78, 5) is 7.65. The zero-order valence-electron chi connectivity index (χ0n) is 15.5. The molecule has 0 unspecified atom stereocenters. The number of nitrogens with one attached hydrogen (secondary N) is 1. The van der Waals surface area contributed by atoms with Crippen LogP contribution in [0.3, 0.4) is 0 Å². The van der Waals surface area contributed by atoms with Crippen LogP contribution in [0.1, 0.15) is 40.5 Å². The Labute approximate surface area is 145 Å². The Bertz CT molecular complexity index is 565. The average molecular weight is 356 g/mol. The molecule has 1 saturated carbocycles. The molecule has 1 aromatic heterocycles. The average Bonchev–Trinajstić information content (AvgIpc) is 2.76. The second-order valence-electron chi connectivity index (χ2n) is 8.21. The van der Waals surface area contributed by atoms with Crippen molar-refractivity contribution in [3.05, 3.63) is 18.3 Å². The lowest BCUT2D eigenvalue weighted by atomic mass is 10.0. The third-order valence-electron chi connectivity index (χ3n) is 5.52. The zero-order valence-corrected chi connectivity index (χ0v) is 16.5. The van der Waals surface area contributed by atoms with E-state index in [-0.39, 0.29) is 28.9 Å². The number of aliphatic hydroxyl groups excluding tert-OH is 1. The van der Waals surface area contributed by atoms with Crippen LogP contribution in [0.2, 0.25) is 18.1 Å². The van der Waals surface area contributed by atoms with Gasteiger partial charge in [0, 0.05) is 0 Å². The highest BCUT2D eigenvalue weighted by Crippen LogP contribution is 2.41. The summed E-state index contributed by atoms with van der Waals surface area (Å²) >= 11 is 0. The van der Waals surface area contributed by atoms with Crippen molar-refractivity contribution in [2.75, 3.05) is 5.32 Å². The summed E-state index contributed by atoms with van der Waals surface area (Å²) in [6.45, 7) is 12.9. The van der Waals surface area contributed by atoms with Crippen molar-refractivity contribution in [2.24, 2.45) is 5.92 Å². The number of anilines is 1. The molecule has 0 radical (unpaired) electrons. The Kier molecular flexibility index (Phi) is 5.67. The first kappa shape index (κ1) is 19.3. The quantitative estimate of drug-likeness (QED) is 0.790. The highest BCUT2D eigenvalue weighted by Gasteiger charge is 2.48. The first-order valence-corrected chi connectivity index (χ1v) is 11.6. The van der Waals surface area contributed by atoms with Crippen molar-refractivity contribution in [1.82, 2.24) is 9.97 Å². The second-order valence-corrected chi connectivity index (χ2v) is 13.0. The first-order valence-electron chi connectivity index (χ1n) is 8.64. The van der Waals surface area contributed by atoms with Crippen molar-refractivity contribution < 1.29 is 13.9 Å². The van der Waals surface area contributed by atoms with Gasteiger partial charge in [0.1, 0.15) is 6.33 Å². The van der Waals surface area contributed by atoms with Crippen LogP contribution in [-0.4, -0.2) is 41.6 Å². The van der Waals surface area contributed by atoms with E-state index in [0.717, 1.165) is 19.0 Å². The number of hydrogen-bond acceptors (Lipinski definition) is 5. The summed E-state index contributed by atoms with van der Waals surface area (Å²) in [5.74, 6) is -0.178. The van der Waals surface area contributed by atoms with E-state index >= 15 is 0 Å². The maximum absolute atomic E-state index is 13.9. The van der Waals surface area contributed by atoms with Gasteiger partial charge in [-0.2, -0.15) is 0 Å². The molecule has 5 nitrogen and oxygen atoms in total. The highest BCUT2D eigenvalue weighted by molar-refractivity contribution is 6.74. The lowest BCUT2D eigenvalue weighted by Crippen LogP contribution is -2.50. The molecule has 0 spiro atoms. The maximum atomic E-state index is 13.9. The van der Waals surface area contributed by atoms with Crippen LogP contribution < -0.4 is 5.32 Å². The molecule has 0 aliphatic heterocycles. The number of aromatic nitrogens is 2. The molecule has 0 aromatic carbocycles. The van der Waals surface area contributed by atoms with E-state index in [9.17, 15) is 9.50 Å². The van der Waals surface area contributed by atoms with E-state index < -0.39 is 20.2 Å². The Balaban J connectivity index is 2.23. The van der Waals surface area contributed by atoms with Crippen LogP contribution in [0.25, 0.3) is 0 Å². The molecular formula is C17H30FN3O2Si. The van der Waals surface area contributed by atoms with Crippen LogP contribution in [-0.2, 0) is 4.43 Å². The number of halogens is 1. The molecule has 1 aliphatic rings. The molecule has 2 N–H and O–H groups in total. The van der Waals surface area contributed by atoms with Gasteiger partial charge >= 0.3 is 0 Å². The van der Waals surface area contributed by atoms with Crippen molar-refractivity contribution >= 4 is 14.1 Å². The van der Waals surface area contributed by atoms with Crippen molar-refractivity contribution in [3.8, 4) is 0 Å². The largest absolute Gasteiger partial charge is 0.409 e. The van der Waals surface area contributed by atoms with Crippen molar-refractivity contribution in [1.29, 1.82) is 0 Å². The molecule has 0 amide bonds. The van der Waals surface area contributed by atoms with Crippen LogP contribution in [0.4, 0.5) is 10.2 Å². The zero-order chi connectivity index (χ0) is 18.1. The van der Waals surface area contributed by atoms with E-state index in [1.807, 2.05) is 0 Å². The van der Waals surface area contributed by atoms with Gasteiger partial charge in [0.15, 0.2) is 20.0 Å². The predicted molar refractivity (Wildman–Crippen MR) is 95.9 cm³/mol. The van der Waals surface area contributed by atoms with E-state index in [1.165, 1.54) is 6.33 Å². The van der Waals surface area contributed by atoms with Gasteiger partial charge in [0.25, 0.3) is 0 Å². The fourth-order valence-corrected chi connectivity index (χ4v) is 4.26. The molecule has 1 fully saturated rings. The van der Waals surface area contributed by atoms with Gasteiger partial charge in [-0.05, 0) is 30.5 Å². The molecule has 1 aromatic rings. The Morgan fingerprint density at radius 3 is 2.62 bits per heavy atom. The Morgan fingerprint density at radius 2 is 2.08 bits per heavy atom. The van der Waals surface area contributed by atoms with Crippen LogP contribution >= 0.6 is 0 Å². The standard InChI is InChI=1S/C17H30FN3O2Si/c1-7-11-8-13(21-16-12(18)9-19-10-20-16)15(14(11)22)23-24(5,6)17(2,3)4/h9-11,13-15,22H,7-8H2,1-6H3,(H,19,20,21)/t11-,13+,14+,15-/m0/s1. The molecule has 136 valence electrons. The predicted octanol–water partition coefficient (Wildman–Crippen LogP) is 3.58. The summed E-state index contributed by atoms with van der Waals surface area (Å²) < 4.78 is 20.4. The first-order chi connectivity index (χ1) is 11.1. The lowest BCUT2D eigenvalue weighted by Gasteiger charge is -2.40. The number of nitrogens with zero attached hydrogens (tertiary/aromatic N) is 2. The minimum Gasteiger partial charge on any atom is -0.409 e. The smallest absolute Gasteiger partial charge is 0.192 e. The highest BCUT2D eigenvalue weighted by atomic mass is 28.4. The van der Waals surface area contributed by atoms with E-state index in [0.29, 0.717) is 0 Å². The monoisotopic (exact) mass is 355 g/mol. The summed E-state index contributed by atoms with van der Waals surface area (Å²) in [5.41, 5.74) is 0. The molecule has 0 saturated heterocycles. The third kappa shape index (κ3) is 3.95. The van der Waals surface area contributed by atoms with E-state index in [2.05, 4.69) is 56.1 Å².